The highest BCUT2D eigenvalue weighted by Gasteiger charge is 2.85. The van der Waals surface area contributed by atoms with E-state index in [1.165, 1.54) is 13.8 Å². The lowest BCUT2D eigenvalue weighted by Gasteiger charge is -2.59. The quantitative estimate of drug-likeness (QED) is 0.461. The second-order valence-corrected chi connectivity index (χ2v) is 12.1. The maximum atomic E-state index is 13.9. The van der Waals surface area contributed by atoms with Crippen molar-refractivity contribution in [1.29, 1.82) is 0 Å². The minimum atomic E-state index is -0.932. The first-order chi connectivity index (χ1) is 14.9. The Labute approximate surface area is 191 Å². The predicted molar refractivity (Wildman–Crippen MR) is 116 cm³/mol. The molecule has 1 spiro atoms. The molecule has 5 aliphatic rings. The summed E-state index contributed by atoms with van der Waals surface area (Å²) in [5.41, 5.74) is -0.907. The number of epoxide rings is 1. The minimum absolute atomic E-state index is 0.00911. The molecular weight excluding hydrogens is 408 g/mol. The molecule has 6 nitrogen and oxygen atoms in total. The maximum Gasteiger partial charge on any atom is 0.305 e. The van der Waals surface area contributed by atoms with Gasteiger partial charge in [0.05, 0.1) is 0 Å². The first-order valence-electron chi connectivity index (χ1n) is 12.5. The van der Waals surface area contributed by atoms with E-state index in [1.807, 2.05) is 6.92 Å². The Kier molecular flexibility index (Phi) is 4.75. The van der Waals surface area contributed by atoms with Crippen molar-refractivity contribution in [3.63, 3.8) is 0 Å². The van der Waals surface area contributed by atoms with Crippen molar-refractivity contribution in [1.82, 2.24) is 0 Å². The molecule has 5 rings (SSSR count). The van der Waals surface area contributed by atoms with Crippen molar-refractivity contribution < 1.29 is 28.6 Å². The molecule has 0 aromatic carbocycles. The Balaban J connectivity index is 1.44. The number of esters is 2. The number of hydrogen-bond acceptors (Lipinski definition) is 6. The number of ether oxygens (including phenoxy) is 3. The highest BCUT2D eigenvalue weighted by molar-refractivity contribution is 5.85. The normalized spacial score (nSPS) is 53.8. The van der Waals surface area contributed by atoms with E-state index < -0.39 is 11.4 Å². The van der Waals surface area contributed by atoms with Crippen molar-refractivity contribution in [2.45, 2.75) is 104 Å². The molecule has 0 N–H and O–H groups in total. The lowest BCUT2D eigenvalue weighted by atomic mass is 9.44. The van der Waals surface area contributed by atoms with Crippen LogP contribution >= 0.6 is 0 Å². The smallest absolute Gasteiger partial charge is 0.305 e. The van der Waals surface area contributed by atoms with Crippen LogP contribution in [-0.2, 0) is 28.6 Å². The van der Waals surface area contributed by atoms with Crippen LogP contribution in [0.1, 0.15) is 86.5 Å². The van der Waals surface area contributed by atoms with Crippen molar-refractivity contribution in [3.05, 3.63) is 0 Å². The zero-order valence-electron chi connectivity index (χ0n) is 20.4. The van der Waals surface area contributed by atoms with Crippen LogP contribution in [0.25, 0.3) is 0 Å². The van der Waals surface area contributed by atoms with E-state index in [1.54, 1.807) is 0 Å². The van der Waals surface area contributed by atoms with E-state index in [0.29, 0.717) is 30.0 Å². The van der Waals surface area contributed by atoms with Crippen LogP contribution in [-0.4, -0.2) is 35.2 Å². The van der Waals surface area contributed by atoms with Gasteiger partial charge in [-0.15, -0.1) is 0 Å². The highest BCUT2D eigenvalue weighted by atomic mass is 16.8. The lowest BCUT2D eigenvalue weighted by Crippen LogP contribution is -2.59. The molecule has 0 aromatic heterocycles. The van der Waals surface area contributed by atoms with Crippen molar-refractivity contribution in [3.8, 4) is 0 Å². The molecule has 2 unspecified atom stereocenters. The Hall–Kier alpha value is -1.43. The molecule has 6 heteroatoms. The van der Waals surface area contributed by atoms with Gasteiger partial charge in [-0.2, -0.15) is 0 Å². The summed E-state index contributed by atoms with van der Waals surface area (Å²) in [5.74, 6) is 0.355. The average molecular weight is 447 g/mol. The molecule has 0 radical (unpaired) electrons. The first kappa shape index (κ1) is 22.4. The van der Waals surface area contributed by atoms with Gasteiger partial charge in [0.2, 0.25) is 5.79 Å². The number of carbonyl (C=O) groups excluding carboxylic acids is 3. The van der Waals surface area contributed by atoms with Gasteiger partial charge in [-0.3, -0.25) is 14.4 Å². The molecule has 0 bridgehead atoms. The summed E-state index contributed by atoms with van der Waals surface area (Å²) >= 11 is 0. The van der Waals surface area contributed by atoms with Crippen molar-refractivity contribution in [2.75, 3.05) is 0 Å². The molecule has 0 amide bonds. The van der Waals surface area contributed by atoms with Gasteiger partial charge < -0.3 is 14.2 Å². The third-order valence-corrected chi connectivity index (χ3v) is 10.5. The van der Waals surface area contributed by atoms with Crippen LogP contribution in [0.3, 0.4) is 0 Å². The van der Waals surface area contributed by atoms with E-state index >= 15 is 0 Å². The fourth-order valence-electron chi connectivity index (χ4n) is 9.53. The monoisotopic (exact) mass is 446 g/mol. The molecule has 0 aromatic rings. The second-order valence-electron chi connectivity index (χ2n) is 12.1. The summed E-state index contributed by atoms with van der Waals surface area (Å²) in [5, 5.41) is 0. The minimum Gasteiger partial charge on any atom is -0.463 e. The molecule has 178 valence electrons. The topological polar surface area (TPSA) is 82.2 Å². The number of rotatable bonds is 2. The predicted octanol–water partition coefficient (Wildman–Crippen LogP) is 4.43. The van der Waals surface area contributed by atoms with Crippen LogP contribution in [0.15, 0.2) is 0 Å². The summed E-state index contributed by atoms with van der Waals surface area (Å²) in [7, 11) is 0. The summed E-state index contributed by atoms with van der Waals surface area (Å²) in [6.45, 7) is 11.5. The molecule has 32 heavy (non-hydrogen) atoms. The molecule has 5 fully saturated rings. The third kappa shape index (κ3) is 2.71. The van der Waals surface area contributed by atoms with E-state index in [0.717, 1.165) is 38.5 Å². The van der Waals surface area contributed by atoms with E-state index in [4.69, 9.17) is 14.2 Å². The van der Waals surface area contributed by atoms with Gasteiger partial charge in [-0.25, -0.2) is 0 Å². The van der Waals surface area contributed by atoms with Crippen molar-refractivity contribution >= 4 is 17.7 Å². The van der Waals surface area contributed by atoms with Gasteiger partial charge in [0.1, 0.15) is 17.5 Å². The Bertz CT molecular complexity index is 868. The number of fused-ring (bicyclic) bond motifs is 6. The summed E-state index contributed by atoms with van der Waals surface area (Å²) in [4.78, 5) is 37.2. The largest absolute Gasteiger partial charge is 0.463 e. The SMILES string of the molecule is CC(=O)O[C@@H]1CC[C@@]2(C)C(CC[C@@H]3[C@@H]2C(=O)C[C@@]2(C)[C@H]3C[C@@H](C)[C@@]23OC3(C)OC(C)=O)C1. The van der Waals surface area contributed by atoms with Gasteiger partial charge >= 0.3 is 11.9 Å². The van der Waals surface area contributed by atoms with E-state index in [2.05, 4.69) is 20.8 Å². The second kappa shape index (κ2) is 6.80. The fourth-order valence-corrected chi connectivity index (χ4v) is 9.53. The van der Waals surface area contributed by atoms with Gasteiger partial charge in [-0.05, 0) is 67.6 Å². The molecule has 4 aliphatic carbocycles. The van der Waals surface area contributed by atoms with Gasteiger partial charge in [0, 0.05) is 38.5 Å². The molecule has 4 saturated carbocycles. The van der Waals surface area contributed by atoms with Gasteiger partial charge in [-0.1, -0.05) is 20.8 Å². The molecule has 10 atom stereocenters. The molecule has 1 heterocycles. The summed E-state index contributed by atoms with van der Waals surface area (Å²) in [6.07, 6.45) is 6.28. The number of carbonyl (C=O) groups is 3. The summed E-state index contributed by atoms with van der Waals surface area (Å²) < 4.78 is 17.5. The van der Waals surface area contributed by atoms with E-state index in [-0.39, 0.29) is 40.7 Å². The van der Waals surface area contributed by atoms with Gasteiger partial charge in [0.15, 0.2) is 0 Å². The van der Waals surface area contributed by atoms with Crippen LogP contribution in [0.4, 0.5) is 0 Å². The standard InChI is InChI=1S/C26H38O6/c1-14-11-20-19-8-7-17-12-18(30-15(2)27)9-10-23(17,4)22(19)21(29)13-24(20,5)26(14)25(6,32-26)31-16(3)28/h14,17-20,22H,7-13H2,1-6H3/t14-,17?,18-,19+,20+,22-,23+,24+,25?,26-/m1/s1. The lowest BCUT2D eigenvalue weighted by molar-refractivity contribution is -0.170. The Morgan fingerprint density at radius 2 is 1.75 bits per heavy atom. The molecule has 1 aliphatic heterocycles. The fraction of sp³-hybridized carbons (Fsp3) is 0.885. The van der Waals surface area contributed by atoms with Crippen LogP contribution in [0.2, 0.25) is 0 Å². The number of Topliss-reactive ketones (excluding diaryl/α,β-unsaturated/α-hetero) is 1. The van der Waals surface area contributed by atoms with Gasteiger partial charge in [0.25, 0.3) is 0 Å². The van der Waals surface area contributed by atoms with Crippen molar-refractivity contribution in [2.24, 2.45) is 40.4 Å². The summed E-state index contributed by atoms with van der Waals surface area (Å²) in [6, 6.07) is 0. The molecule has 1 saturated heterocycles. The van der Waals surface area contributed by atoms with Crippen LogP contribution < -0.4 is 0 Å². The highest BCUT2D eigenvalue weighted by Crippen LogP contribution is 2.76. The zero-order chi connectivity index (χ0) is 23.3. The number of hydrogen-bond donors (Lipinski definition) is 0. The van der Waals surface area contributed by atoms with Crippen LogP contribution in [0.5, 0.6) is 0 Å². The average Bonchev–Trinajstić information content (AvgIpc) is 3.23. The Morgan fingerprint density at radius 1 is 1.03 bits per heavy atom. The third-order valence-electron chi connectivity index (χ3n) is 10.5. The van der Waals surface area contributed by atoms with E-state index in [9.17, 15) is 14.4 Å². The molecular formula is C26H38O6. The van der Waals surface area contributed by atoms with Crippen LogP contribution in [0, 0.1) is 40.4 Å². The number of ketones is 1. The maximum absolute atomic E-state index is 13.9. The zero-order valence-corrected chi connectivity index (χ0v) is 20.4. The first-order valence-corrected chi connectivity index (χ1v) is 12.5. The Morgan fingerprint density at radius 3 is 2.41 bits per heavy atom.